The molecule has 2 N–H and O–H groups in total. The second-order valence-corrected chi connectivity index (χ2v) is 6.54. The van der Waals surface area contributed by atoms with Crippen LogP contribution >= 0.6 is 15.9 Å². The van der Waals surface area contributed by atoms with Gasteiger partial charge in [0.15, 0.2) is 5.65 Å². The number of fused-ring (bicyclic) bond motifs is 1. The molecule has 138 valence electrons. The maximum absolute atomic E-state index is 12.0. The molecule has 0 spiro atoms. The highest BCUT2D eigenvalue weighted by molar-refractivity contribution is 9.10. The Morgan fingerprint density at radius 1 is 0.964 bits per heavy atom. The first-order chi connectivity index (χ1) is 13.7. The van der Waals surface area contributed by atoms with E-state index in [2.05, 4.69) is 46.5 Å². The molecule has 1 aromatic carbocycles. The highest BCUT2D eigenvalue weighted by Gasteiger charge is 2.09. The lowest BCUT2D eigenvalue weighted by Crippen LogP contribution is -2.19. The molecule has 28 heavy (non-hydrogen) atoms. The van der Waals surface area contributed by atoms with E-state index in [0.29, 0.717) is 34.2 Å². The number of nitrogens with zero attached hydrogens (tertiary/aromatic N) is 4. The van der Waals surface area contributed by atoms with Crippen molar-refractivity contribution < 1.29 is 9.53 Å². The molecule has 4 aromatic rings. The fourth-order valence-electron chi connectivity index (χ4n) is 2.41. The van der Waals surface area contributed by atoms with Gasteiger partial charge >= 0.3 is 6.03 Å². The largest absolute Gasteiger partial charge is 0.438 e. The van der Waals surface area contributed by atoms with Gasteiger partial charge in [-0.15, -0.1) is 0 Å². The van der Waals surface area contributed by atoms with Crippen LogP contribution in [-0.4, -0.2) is 26.0 Å². The van der Waals surface area contributed by atoms with Gasteiger partial charge in [0, 0.05) is 22.6 Å². The summed E-state index contributed by atoms with van der Waals surface area (Å²) >= 11 is 3.38. The lowest BCUT2D eigenvalue weighted by Gasteiger charge is -2.09. The number of pyridine rings is 2. The third-order valence-electron chi connectivity index (χ3n) is 3.65. The number of hydrogen-bond acceptors (Lipinski definition) is 6. The van der Waals surface area contributed by atoms with Crippen molar-refractivity contribution in [3.8, 4) is 11.6 Å². The Kier molecular flexibility index (Phi) is 5.07. The van der Waals surface area contributed by atoms with E-state index in [1.54, 1.807) is 54.9 Å². The number of nitrogens with one attached hydrogen (secondary N) is 2. The fraction of sp³-hybridized carbons (Fsp3) is 0. The lowest BCUT2D eigenvalue weighted by molar-refractivity contribution is 0.262. The third kappa shape index (κ3) is 4.21. The molecule has 0 aliphatic carbocycles. The summed E-state index contributed by atoms with van der Waals surface area (Å²) in [6.45, 7) is 0. The van der Waals surface area contributed by atoms with Crippen LogP contribution in [0, 0.1) is 0 Å². The third-order valence-corrected chi connectivity index (χ3v) is 4.09. The zero-order valence-electron chi connectivity index (χ0n) is 14.3. The van der Waals surface area contributed by atoms with Gasteiger partial charge in [-0.25, -0.2) is 24.7 Å². The number of aromatic nitrogens is 4. The van der Waals surface area contributed by atoms with E-state index in [4.69, 9.17) is 4.74 Å². The average Bonchev–Trinajstić information content (AvgIpc) is 2.70. The van der Waals surface area contributed by atoms with Crippen molar-refractivity contribution in [3.05, 3.63) is 71.7 Å². The van der Waals surface area contributed by atoms with Gasteiger partial charge in [-0.1, -0.05) is 6.07 Å². The van der Waals surface area contributed by atoms with E-state index in [9.17, 15) is 4.79 Å². The van der Waals surface area contributed by atoms with E-state index in [1.165, 1.54) is 6.33 Å². The van der Waals surface area contributed by atoms with Crippen molar-refractivity contribution >= 4 is 44.5 Å². The van der Waals surface area contributed by atoms with Crippen LogP contribution in [0.1, 0.15) is 0 Å². The zero-order chi connectivity index (χ0) is 19.3. The number of rotatable bonds is 4. The summed E-state index contributed by atoms with van der Waals surface area (Å²) in [5, 5.41) is 6.07. The minimum atomic E-state index is -0.384. The predicted octanol–water partition coefficient (Wildman–Crippen LogP) is 4.62. The van der Waals surface area contributed by atoms with E-state index >= 15 is 0 Å². The van der Waals surface area contributed by atoms with Crippen molar-refractivity contribution in [1.29, 1.82) is 0 Å². The van der Waals surface area contributed by atoms with Crippen LogP contribution in [0.4, 0.5) is 16.3 Å². The van der Waals surface area contributed by atoms with Gasteiger partial charge in [0.2, 0.25) is 5.88 Å². The first-order valence-electron chi connectivity index (χ1n) is 8.20. The summed E-state index contributed by atoms with van der Waals surface area (Å²) in [5.41, 5.74) is 1.15. The molecule has 0 saturated carbocycles. The number of anilines is 2. The Morgan fingerprint density at radius 3 is 2.61 bits per heavy atom. The number of urea groups is 1. The number of ether oxygens (including phenoxy) is 1. The Labute approximate surface area is 168 Å². The summed E-state index contributed by atoms with van der Waals surface area (Å²) < 4.78 is 6.66. The van der Waals surface area contributed by atoms with Crippen molar-refractivity contribution in [3.63, 3.8) is 0 Å². The summed E-state index contributed by atoms with van der Waals surface area (Å²) in [6.07, 6.45) is 4.67. The minimum Gasteiger partial charge on any atom is -0.438 e. The van der Waals surface area contributed by atoms with Gasteiger partial charge in [-0.05, 0) is 58.4 Å². The summed E-state index contributed by atoms with van der Waals surface area (Å²) in [7, 11) is 0. The molecule has 0 bridgehead atoms. The van der Waals surface area contributed by atoms with Gasteiger partial charge in [-0.2, -0.15) is 0 Å². The van der Waals surface area contributed by atoms with Crippen LogP contribution in [0.15, 0.2) is 71.7 Å². The van der Waals surface area contributed by atoms with Crippen LogP contribution < -0.4 is 15.4 Å². The van der Waals surface area contributed by atoms with Crippen LogP contribution in [-0.2, 0) is 0 Å². The maximum Gasteiger partial charge on any atom is 0.324 e. The van der Waals surface area contributed by atoms with Crippen molar-refractivity contribution in [1.82, 2.24) is 19.9 Å². The second-order valence-electron chi connectivity index (χ2n) is 5.62. The number of amides is 2. The van der Waals surface area contributed by atoms with Crippen LogP contribution in [0.3, 0.4) is 0 Å². The fourth-order valence-corrected chi connectivity index (χ4v) is 2.74. The standard InChI is InChI=1S/C19H13BrN6O2/c20-12-9-15-17(22-10-12)23-11-24-18(15)28-14-6-4-13(5-7-14)25-19(27)26-16-3-1-2-8-21-16/h1-11H,(H2,21,25,26,27). The average molecular weight is 437 g/mol. The van der Waals surface area contributed by atoms with Crippen LogP contribution in [0.25, 0.3) is 11.0 Å². The molecule has 0 saturated heterocycles. The quantitative estimate of drug-likeness (QED) is 0.483. The van der Waals surface area contributed by atoms with Gasteiger partial charge in [0.1, 0.15) is 17.9 Å². The van der Waals surface area contributed by atoms with E-state index < -0.39 is 0 Å². The lowest BCUT2D eigenvalue weighted by atomic mass is 10.3. The van der Waals surface area contributed by atoms with E-state index in [1.807, 2.05) is 6.07 Å². The number of benzene rings is 1. The zero-order valence-corrected chi connectivity index (χ0v) is 15.9. The first-order valence-corrected chi connectivity index (χ1v) is 9.00. The topological polar surface area (TPSA) is 102 Å². The van der Waals surface area contributed by atoms with Gasteiger partial charge < -0.3 is 10.1 Å². The predicted molar refractivity (Wildman–Crippen MR) is 108 cm³/mol. The minimum absolute atomic E-state index is 0.384. The Bertz CT molecular complexity index is 1120. The molecule has 4 rings (SSSR count). The summed E-state index contributed by atoms with van der Waals surface area (Å²) in [4.78, 5) is 28.6. The van der Waals surface area contributed by atoms with Crippen molar-refractivity contribution in [2.75, 3.05) is 10.6 Å². The van der Waals surface area contributed by atoms with Crippen LogP contribution in [0.2, 0.25) is 0 Å². The second kappa shape index (κ2) is 7.97. The van der Waals surface area contributed by atoms with E-state index in [-0.39, 0.29) is 6.03 Å². The first kappa shape index (κ1) is 17.8. The molecular formula is C19H13BrN6O2. The molecule has 9 heteroatoms. The van der Waals surface area contributed by atoms with Gasteiger partial charge in [0.25, 0.3) is 0 Å². The highest BCUT2D eigenvalue weighted by Crippen LogP contribution is 2.28. The maximum atomic E-state index is 12.0. The molecule has 8 nitrogen and oxygen atoms in total. The molecular weight excluding hydrogens is 424 g/mol. The van der Waals surface area contributed by atoms with Crippen molar-refractivity contribution in [2.45, 2.75) is 0 Å². The molecule has 0 aliphatic rings. The van der Waals surface area contributed by atoms with Gasteiger partial charge in [-0.3, -0.25) is 5.32 Å². The SMILES string of the molecule is O=C(Nc1ccc(Oc2ncnc3ncc(Br)cc23)cc1)Nc1ccccn1. The molecule has 0 unspecified atom stereocenters. The summed E-state index contributed by atoms with van der Waals surface area (Å²) in [5.74, 6) is 1.43. The monoisotopic (exact) mass is 436 g/mol. The number of carbonyl (C=O) groups excluding carboxylic acids is 1. The molecule has 0 atom stereocenters. The number of hydrogen-bond donors (Lipinski definition) is 2. The summed E-state index contributed by atoms with van der Waals surface area (Å²) in [6, 6.07) is 13.6. The Balaban J connectivity index is 1.45. The molecule has 2 amide bonds. The molecule has 0 radical (unpaired) electrons. The molecule has 3 aromatic heterocycles. The number of halogens is 1. The normalized spacial score (nSPS) is 10.5. The smallest absolute Gasteiger partial charge is 0.324 e. The Hall–Kier alpha value is -3.59. The van der Waals surface area contributed by atoms with Crippen molar-refractivity contribution in [2.24, 2.45) is 0 Å². The van der Waals surface area contributed by atoms with Crippen LogP contribution in [0.5, 0.6) is 11.6 Å². The molecule has 0 aliphatic heterocycles. The molecule has 0 fully saturated rings. The number of carbonyl (C=O) groups is 1. The van der Waals surface area contributed by atoms with E-state index in [0.717, 1.165) is 4.47 Å². The Morgan fingerprint density at radius 2 is 1.82 bits per heavy atom. The highest BCUT2D eigenvalue weighted by atomic mass is 79.9. The molecule has 3 heterocycles. The van der Waals surface area contributed by atoms with Gasteiger partial charge in [0.05, 0.1) is 5.39 Å².